The molecule has 5 heteroatoms. The molecule has 0 spiro atoms. The van der Waals surface area contributed by atoms with Crippen molar-refractivity contribution in [2.45, 2.75) is 26.4 Å². The van der Waals surface area contributed by atoms with Gasteiger partial charge in [0.15, 0.2) is 0 Å². The molecule has 1 saturated heterocycles. The number of amides is 1. The molecular weight excluding hydrogens is 312 g/mol. The van der Waals surface area contributed by atoms with E-state index in [2.05, 4.69) is 51.3 Å². The normalized spacial score (nSPS) is 16.5. The van der Waals surface area contributed by atoms with Crippen LogP contribution in [0.3, 0.4) is 0 Å². The molecule has 3 rings (SSSR count). The van der Waals surface area contributed by atoms with E-state index in [0.717, 1.165) is 31.7 Å². The Kier molecular flexibility index (Phi) is 5.66. The van der Waals surface area contributed by atoms with Gasteiger partial charge in [-0.25, -0.2) is 0 Å². The predicted octanol–water partition coefficient (Wildman–Crippen LogP) is 2.22. The summed E-state index contributed by atoms with van der Waals surface area (Å²) in [6.07, 6.45) is 3.49. The van der Waals surface area contributed by atoms with E-state index in [-0.39, 0.29) is 11.9 Å². The van der Waals surface area contributed by atoms with Gasteiger partial charge in [-0.15, -0.1) is 0 Å². The van der Waals surface area contributed by atoms with Crippen molar-refractivity contribution in [2.24, 2.45) is 0 Å². The molecule has 0 radical (unpaired) electrons. The summed E-state index contributed by atoms with van der Waals surface area (Å²) in [5, 5.41) is 3.03. The van der Waals surface area contributed by atoms with Crippen molar-refractivity contribution in [2.75, 3.05) is 31.1 Å². The number of hydrogen-bond donors (Lipinski definition) is 1. The molecule has 1 atom stereocenters. The molecule has 1 amide bonds. The quantitative estimate of drug-likeness (QED) is 0.908. The lowest BCUT2D eigenvalue weighted by Crippen LogP contribution is -2.54. The van der Waals surface area contributed by atoms with Crippen molar-refractivity contribution in [3.05, 3.63) is 59.9 Å². The van der Waals surface area contributed by atoms with Crippen LogP contribution in [0.1, 0.15) is 18.1 Å². The lowest BCUT2D eigenvalue weighted by Gasteiger charge is -2.39. The minimum absolute atomic E-state index is 0.0844. The second kappa shape index (κ2) is 8.12. The van der Waals surface area contributed by atoms with E-state index in [0.29, 0.717) is 6.54 Å². The molecule has 1 aliphatic heterocycles. The molecule has 1 aromatic carbocycles. The number of carbonyl (C=O) groups excluding carboxylic acids is 1. The Hall–Kier alpha value is -2.40. The second-order valence-electron chi connectivity index (χ2n) is 6.56. The first-order valence-electron chi connectivity index (χ1n) is 8.86. The summed E-state index contributed by atoms with van der Waals surface area (Å²) in [6.45, 7) is 8.40. The van der Waals surface area contributed by atoms with E-state index in [1.807, 2.05) is 19.1 Å². The molecule has 1 aliphatic rings. The molecule has 1 unspecified atom stereocenters. The molecule has 25 heavy (non-hydrogen) atoms. The lowest BCUT2D eigenvalue weighted by atomic mass is 10.1. The molecule has 1 fully saturated rings. The Labute approximate surface area is 149 Å². The third-order valence-electron chi connectivity index (χ3n) is 4.91. The molecular formula is C20H26N4O. The van der Waals surface area contributed by atoms with Crippen molar-refractivity contribution < 1.29 is 4.79 Å². The van der Waals surface area contributed by atoms with Crippen LogP contribution in [0.2, 0.25) is 0 Å². The van der Waals surface area contributed by atoms with E-state index >= 15 is 0 Å². The number of pyridine rings is 1. The van der Waals surface area contributed by atoms with Gasteiger partial charge in [-0.3, -0.25) is 14.7 Å². The number of nitrogens with zero attached hydrogens (tertiary/aromatic N) is 3. The number of anilines is 1. The first-order chi connectivity index (χ1) is 12.1. The van der Waals surface area contributed by atoms with E-state index in [1.54, 1.807) is 12.4 Å². The third kappa shape index (κ3) is 4.37. The molecule has 1 aromatic heterocycles. The summed E-state index contributed by atoms with van der Waals surface area (Å²) >= 11 is 0. The molecule has 0 saturated carbocycles. The Morgan fingerprint density at radius 2 is 1.80 bits per heavy atom. The van der Waals surface area contributed by atoms with Crippen LogP contribution in [-0.2, 0) is 11.3 Å². The number of benzene rings is 1. The Balaban J connectivity index is 1.50. The van der Waals surface area contributed by atoms with Gasteiger partial charge in [0.2, 0.25) is 5.91 Å². The van der Waals surface area contributed by atoms with Crippen LogP contribution < -0.4 is 10.2 Å². The SMILES string of the molecule is Cc1ccccc1N1CCN(C(C)C(=O)NCc2ccncc2)CC1. The minimum atomic E-state index is -0.110. The van der Waals surface area contributed by atoms with Gasteiger partial charge in [-0.1, -0.05) is 18.2 Å². The Bertz CT molecular complexity index is 696. The van der Waals surface area contributed by atoms with E-state index in [9.17, 15) is 4.79 Å². The average molecular weight is 338 g/mol. The van der Waals surface area contributed by atoms with Gasteiger partial charge in [0, 0.05) is 50.8 Å². The van der Waals surface area contributed by atoms with E-state index in [4.69, 9.17) is 0 Å². The van der Waals surface area contributed by atoms with Crippen LogP contribution in [0.5, 0.6) is 0 Å². The molecule has 1 N–H and O–H groups in total. The maximum Gasteiger partial charge on any atom is 0.237 e. The number of rotatable bonds is 5. The molecule has 5 nitrogen and oxygen atoms in total. The number of piperazine rings is 1. The highest BCUT2D eigenvalue weighted by atomic mass is 16.2. The number of nitrogens with one attached hydrogen (secondary N) is 1. The molecule has 0 aliphatic carbocycles. The summed E-state index contributed by atoms with van der Waals surface area (Å²) < 4.78 is 0. The summed E-state index contributed by atoms with van der Waals surface area (Å²) in [5.74, 6) is 0.0844. The monoisotopic (exact) mass is 338 g/mol. The summed E-state index contributed by atoms with van der Waals surface area (Å²) in [5.41, 5.74) is 3.68. The van der Waals surface area contributed by atoms with Crippen LogP contribution in [0.4, 0.5) is 5.69 Å². The zero-order valence-corrected chi connectivity index (χ0v) is 15.0. The summed E-state index contributed by atoms with van der Waals surface area (Å²) in [7, 11) is 0. The topological polar surface area (TPSA) is 48.5 Å². The number of aryl methyl sites for hydroxylation is 1. The Morgan fingerprint density at radius 1 is 1.12 bits per heavy atom. The second-order valence-corrected chi connectivity index (χ2v) is 6.56. The predicted molar refractivity (Wildman–Crippen MR) is 101 cm³/mol. The van der Waals surface area contributed by atoms with Crippen molar-refractivity contribution in [3.8, 4) is 0 Å². The Morgan fingerprint density at radius 3 is 2.48 bits per heavy atom. The zero-order valence-electron chi connectivity index (χ0n) is 15.0. The fraction of sp³-hybridized carbons (Fsp3) is 0.400. The van der Waals surface area contributed by atoms with Gasteiger partial charge in [0.25, 0.3) is 0 Å². The molecule has 2 aromatic rings. The fourth-order valence-electron chi connectivity index (χ4n) is 3.27. The number of aromatic nitrogens is 1. The average Bonchev–Trinajstić information content (AvgIpc) is 2.67. The van der Waals surface area contributed by atoms with Crippen LogP contribution in [-0.4, -0.2) is 48.0 Å². The van der Waals surface area contributed by atoms with Crippen molar-refractivity contribution in [1.29, 1.82) is 0 Å². The first-order valence-corrected chi connectivity index (χ1v) is 8.86. The van der Waals surface area contributed by atoms with Crippen LogP contribution in [0, 0.1) is 6.92 Å². The fourth-order valence-corrected chi connectivity index (χ4v) is 3.27. The van der Waals surface area contributed by atoms with Gasteiger partial charge in [0.05, 0.1) is 6.04 Å². The highest BCUT2D eigenvalue weighted by Crippen LogP contribution is 2.21. The van der Waals surface area contributed by atoms with Gasteiger partial charge >= 0.3 is 0 Å². The van der Waals surface area contributed by atoms with Crippen LogP contribution >= 0.6 is 0 Å². The standard InChI is InChI=1S/C20H26N4O/c1-16-5-3-4-6-19(16)24-13-11-23(12-14-24)17(2)20(25)22-15-18-7-9-21-10-8-18/h3-10,17H,11-15H2,1-2H3,(H,22,25). The van der Waals surface area contributed by atoms with Gasteiger partial charge in [0.1, 0.15) is 0 Å². The van der Waals surface area contributed by atoms with Crippen LogP contribution in [0.15, 0.2) is 48.8 Å². The van der Waals surface area contributed by atoms with Crippen molar-refractivity contribution in [1.82, 2.24) is 15.2 Å². The largest absolute Gasteiger partial charge is 0.369 e. The zero-order chi connectivity index (χ0) is 17.6. The summed E-state index contributed by atoms with van der Waals surface area (Å²) in [6, 6.07) is 12.2. The molecule has 2 heterocycles. The maximum absolute atomic E-state index is 12.4. The molecule has 132 valence electrons. The van der Waals surface area contributed by atoms with Gasteiger partial charge < -0.3 is 10.2 Å². The van der Waals surface area contributed by atoms with Crippen molar-refractivity contribution >= 4 is 11.6 Å². The lowest BCUT2D eigenvalue weighted by molar-refractivity contribution is -0.126. The number of para-hydroxylation sites is 1. The third-order valence-corrected chi connectivity index (χ3v) is 4.91. The van der Waals surface area contributed by atoms with E-state index < -0.39 is 0 Å². The highest BCUT2D eigenvalue weighted by molar-refractivity contribution is 5.81. The first kappa shape index (κ1) is 17.4. The summed E-state index contributed by atoms with van der Waals surface area (Å²) in [4.78, 5) is 21.1. The minimum Gasteiger partial charge on any atom is -0.369 e. The highest BCUT2D eigenvalue weighted by Gasteiger charge is 2.25. The number of hydrogen-bond acceptors (Lipinski definition) is 4. The maximum atomic E-state index is 12.4. The van der Waals surface area contributed by atoms with Crippen LogP contribution in [0.25, 0.3) is 0 Å². The smallest absolute Gasteiger partial charge is 0.237 e. The van der Waals surface area contributed by atoms with Gasteiger partial charge in [-0.05, 0) is 43.2 Å². The van der Waals surface area contributed by atoms with Gasteiger partial charge in [-0.2, -0.15) is 0 Å². The van der Waals surface area contributed by atoms with E-state index in [1.165, 1.54) is 11.3 Å². The molecule has 0 bridgehead atoms. The van der Waals surface area contributed by atoms with Crippen molar-refractivity contribution in [3.63, 3.8) is 0 Å². The number of carbonyl (C=O) groups is 1.